The SMILES string of the molecule is CC(C)[C@H](N=[P+]([O-])Oc1c(Cl)ccc2ccccc12)C(=O)OC1CCCC1. The highest BCUT2D eigenvalue weighted by atomic mass is 35.5. The Balaban J connectivity index is 1.80. The van der Waals surface area contributed by atoms with Crippen molar-refractivity contribution in [2.75, 3.05) is 0 Å². The number of halogens is 1. The lowest BCUT2D eigenvalue weighted by atomic mass is 10.1. The number of hydrogen-bond acceptors (Lipinski definition) is 5. The quantitative estimate of drug-likeness (QED) is 0.485. The van der Waals surface area contributed by atoms with Gasteiger partial charge in [0.25, 0.3) is 0 Å². The fourth-order valence-electron chi connectivity index (χ4n) is 3.21. The fraction of sp³-hybridized carbons (Fsp3) is 0.450. The van der Waals surface area contributed by atoms with Gasteiger partial charge in [0.1, 0.15) is 6.10 Å². The summed E-state index contributed by atoms with van der Waals surface area (Å²) in [5.74, 6) is -0.274. The van der Waals surface area contributed by atoms with Crippen LogP contribution in [0.15, 0.2) is 41.1 Å². The van der Waals surface area contributed by atoms with Crippen LogP contribution in [0.25, 0.3) is 10.8 Å². The highest BCUT2D eigenvalue weighted by Gasteiger charge is 2.31. The van der Waals surface area contributed by atoms with E-state index < -0.39 is 20.2 Å². The summed E-state index contributed by atoms with van der Waals surface area (Å²) < 4.78 is 15.2. The first-order valence-corrected chi connectivity index (χ1v) is 10.7. The maximum Gasteiger partial charge on any atom is 0.395 e. The van der Waals surface area contributed by atoms with Crippen molar-refractivity contribution >= 4 is 36.5 Å². The molecule has 0 spiro atoms. The Morgan fingerprint density at radius 1 is 1.22 bits per heavy atom. The molecule has 0 aromatic heterocycles. The summed E-state index contributed by atoms with van der Waals surface area (Å²) >= 11 is 6.24. The number of benzene rings is 2. The standard InChI is InChI=1S/C20H23ClNO4P/c1-13(2)18(20(23)25-15-8-4-5-9-15)22-27(24)26-19-16-10-6-3-7-14(16)11-12-17(19)21/h3,6-7,10-13,15,18H,4-5,8-9H2,1-2H3/t18-/m0/s1. The molecule has 0 bridgehead atoms. The summed E-state index contributed by atoms with van der Waals surface area (Å²) in [5, 5.41) is 2.02. The number of rotatable bonds is 6. The molecular formula is C20H23ClNO4P. The molecule has 1 fully saturated rings. The van der Waals surface area contributed by atoms with E-state index >= 15 is 0 Å². The normalized spacial score (nSPS) is 16.7. The van der Waals surface area contributed by atoms with Gasteiger partial charge in [-0.3, -0.25) is 4.52 Å². The summed E-state index contributed by atoms with van der Waals surface area (Å²) in [5.41, 5.74) is 0. The number of carbonyl (C=O) groups excluding carboxylic acids is 1. The lowest BCUT2D eigenvalue weighted by Gasteiger charge is -2.17. The van der Waals surface area contributed by atoms with Crippen molar-refractivity contribution in [3.63, 3.8) is 0 Å². The molecule has 27 heavy (non-hydrogen) atoms. The zero-order valence-electron chi connectivity index (χ0n) is 15.4. The van der Waals surface area contributed by atoms with Gasteiger partial charge in [0.15, 0.2) is 6.04 Å². The van der Waals surface area contributed by atoms with Crippen molar-refractivity contribution < 1.29 is 18.9 Å². The van der Waals surface area contributed by atoms with Crippen LogP contribution >= 0.6 is 19.8 Å². The Bertz CT molecular complexity index is 849. The third-order valence-corrected chi connectivity index (χ3v) is 5.75. The van der Waals surface area contributed by atoms with Crippen LogP contribution in [0.4, 0.5) is 0 Å². The predicted octanol–water partition coefficient (Wildman–Crippen LogP) is 5.24. The van der Waals surface area contributed by atoms with Crippen LogP contribution < -0.4 is 9.42 Å². The Morgan fingerprint density at radius 2 is 1.93 bits per heavy atom. The van der Waals surface area contributed by atoms with Gasteiger partial charge in [-0.2, -0.15) is 0 Å². The van der Waals surface area contributed by atoms with Crippen molar-refractivity contribution in [2.45, 2.75) is 51.7 Å². The Morgan fingerprint density at radius 3 is 2.63 bits per heavy atom. The molecule has 0 radical (unpaired) electrons. The van der Waals surface area contributed by atoms with Gasteiger partial charge >= 0.3 is 14.1 Å². The first-order valence-electron chi connectivity index (χ1n) is 9.19. The third kappa shape index (κ3) is 4.98. The number of fused-ring (bicyclic) bond motifs is 1. The van der Waals surface area contributed by atoms with E-state index in [1.165, 1.54) is 0 Å². The van der Waals surface area contributed by atoms with Gasteiger partial charge < -0.3 is 9.63 Å². The van der Waals surface area contributed by atoms with Crippen molar-refractivity contribution in [3.05, 3.63) is 41.4 Å². The van der Waals surface area contributed by atoms with Crippen molar-refractivity contribution in [3.8, 4) is 5.75 Å². The van der Waals surface area contributed by atoms with Gasteiger partial charge in [0, 0.05) is 5.39 Å². The van der Waals surface area contributed by atoms with Crippen LogP contribution in [0, 0.1) is 5.92 Å². The zero-order valence-corrected chi connectivity index (χ0v) is 17.1. The van der Waals surface area contributed by atoms with E-state index in [9.17, 15) is 9.69 Å². The Kier molecular flexibility index (Phi) is 6.69. The van der Waals surface area contributed by atoms with E-state index in [1.807, 2.05) is 44.2 Å². The van der Waals surface area contributed by atoms with E-state index in [0.29, 0.717) is 10.8 Å². The number of nitrogens with zero attached hydrogens (tertiary/aromatic N) is 1. The van der Waals surface area contributed by atoms with Crippen LogP contribution in [-0.4, -0.2) is 18.1 Å². The fourth-order valence-corrected chi connectivity index (χ4v) is 4.43. The van der Waals surface area contributed by atoms with Crippen LogP contribution in [0.3, 0.4) is 0 Å². The lowest BCUT2D eigenvalue weighted by Crippen LogP contribution is -2.29. The van der Waals surface area contributed by atoms with E-state index in [1.54, 1.807) is 6.07 Å². The monoisotopic (exact) mass is 407 g/mol. The maximum atomic E-state index is 12.6. The largest absolute Gasteiger partial charge is 0.575 e. The number of carbonyl (C=O) groups is 1. The Labute approximate surface area is 165 Å². The molecular weight excluding hydrogens is 385 g/mol. The second-order valence-electron chi connectivity index (χ2n) is 7.07. The summed E-state index contributed by atoms with van der Waals surface area (Å²) in [6, 6.07) is 10.2. The van der Waals surface area contributed by atoms with Crippen molar-refractivity contribution in [2.24, 2.45) is 10.7 Å². The van der Waals surface area contributed by atoms with Gasteiger partial charge in [-0.15, -0.1) is 0 Å². The smallest absolute Gasteiger partial charge is 0.395 e. The molecule has 0 heterocycles. The molecule has 1 unspecified atom stereocenters. The molecule has 5 nitrogen and oxygen atoms in total. The topological polar surface area (TPSA) is 71.0 Å². The van der Waals surface area contributed by atoms with Crippen LogP contribution in [0.1, 0.15) is 39.5 Å². The van der Waals surface area contributed by atoms with Crippen LogP contribution in [0.2, 0.25) is 5.02 Å². The molecule has 0 aliphatic heterocycles. The molecule has 7 heteroatoms. The minimum atomic E-state index is -2.48. The first-order chi connectivity index (χ1) is 13.0. The summed E-state index contributed by atoms with van der Waals surface area (Å²) in [6.07, 6.45) is 3.84. The molecule has 2 aromatic rings. The molecule has 0 saturated heterocycles. The molecule has 3 rings (SSSR count). The first kappa shape index (κ1) is 20.1. The minimum Gasteiger partial charge on any atom is -0.575 e. The number of ether oxygens (including phenoxy) is 1. The average molecular weight is 408 g/mol. The molecule has 0 amide bonds. The van der Waals surface area contributed by atoms with Gasteiger partial charge in [-0.1, -0.05) is 60.5 Å². The van der Waals surface area contributed by atoms with E-state index in [-0.39, 0.29) is 12.0 Å². The van der Waals surface area contributed by atoms with Crippen molar-refractivity contribution in [1.82, 2.24) is 0 Å². The van der Waals surface area contributed by atoms with E-state index in [2.05, 4.69) is 4.74 Å². The van der Waals surface area contributed by atoms with E-state index in [0.717, 1.165) is 36.5 Å². The summed E-state index contributed by atoms with van der Waals surface area (Å²) in [4.78, 5) is 25.0. The van der Waals surface area contributed by atoms with Crippen molar-refractivity contribution in [1.29, 1.82) is 0 Å². The molecule has 0 N–H and O–H groups in total. The van der Waals surface area contributed by atoms with Gasteiger partial charge in [0.05, 0.1) is 5.02 Å². The van der Waals surface area contributed by atoms with Gasteiger partial charge in [-0.25, -0.2) is 4.79 Å². The molecule has 1 aliphatic carbocycles. The van der Waals surface area contributed by atoms with Gasteiger partial charge in [0.2, 0.25) is 5.75 Å². The van der Waals surface area contributed by atoms with Crippen LogP contribution in [-0.2, 0) is 9.53 Å². The number of hydrogen-bond donors (Lipinski definition) is 0. The second kappa shape index (κ2) is 9.01. The third-order valence-electron chi connectivity index (χ3n) is 4.68. The molecule has 1 saturated carbocycles. The predicted molar refractivity (Wildman–Crippen MR) is 106 cm³/mol. The van der Waals surface area contributed by atoms with Crippen LogP contribution in [0.5, 0.6) is 5.75 Å². The van der Waals surface area contributed by atoms with E-state index in [4.69, 9.17) is 20.9 Å². The molecule has 1 aliphatic rings. The maximum absolute atomic E-state index is 12.6. The highest BCUT2D eigenvalue weighted by molar-refractivity contribution is 7.34. The average Bonchev–Trinajstić information content (AvgIpc) is 3.14. The molecule has 144 valence electrons. The molecule has 2 atom stereocenters. The second-order valence-corrected chi connectivity index (χ2v) is 8.37. The highest BCUT2D eigenvalue weighted by Crippen LogP contribution is 2.38. The zero-order chi connectivity index (χ0) is 19.4. The number of esters is 1. The van der Waals surface area contributed by atoms with Gasteiger partial charge in [-0.05, 0) is 43.1 Å². The lowest BCUT2D eigenvalue weighted by molar-refractivity contribution is -0.170. The Hall–Kier alpha value is -1.68. The molecule has 2 aromatic carbocycles. The summed E-state index contributed by atoms with van der Waals surface area (Å²) in [6.45, 7) is 3.69. The summed E-state index contributed by atoms with van der Waals surface area (Å²) in [7, 11) is -2.48. The minimum absolute atomic E-state index is 0.0553.